The van der Waals surface area contributed by atoms with Gasteiger partial charge in [0.05, 0.1) is 19.3 Å². The minimum atomic E-state index is 0.308. The van der Waals surface area contributed by atoms with Gasteiger partial charge in [-0.3, -0.25) is 0 Å². The van der Waals surface area contributed by atoms with E-state index in [0.717, 1.165) is 62.3 Å². The number of hydrogen-bond donors (Lipinski definition) is 2. The van der Waals surface area contributed by atoms with Crippen LogP contribution in [0.25, 0.3) is 0 Å². The lowest BCUT2D eigenvalue weighted by Gasteiger charge is -2.15. The predicted molar refractivity (Wildman–Crippen MR) is 96.5 cm³/mol. The Morgan fingerprint density at radius 1 is 1.25 bits per heavy atom. The molecule has 5 heteroatoms. The van der Waals surface area contributed by atoms with Gasteiger partial charge in [-0.25, -0.2) is 4.99 Å². The molecule has 1 aromatic rings. The van der Waals surface area contributed by atoms with Crippen LogP contribution in [0.2, 0.25) is 0 Å². The number of nitrogens with zero attached hydrogens (tertiary/aromatic N) is 1. The average molecular weight is 331 g/mol. The fraction of sp³-hybridized carbons (Fsp3) is 0.632. The van der Waals surface area contributed by atoms with Crippen LogP contribution in [-0.2, 0) is 11.3 Å². The summed E-state index contributed by atoms with van der Waals surface area (Å²) in [5, 5.41) is 6.68. The molecule has 24 heavy (non-hydrogen) atoms. The second-order valence-electron chi connectivity index (χ2n) is 6.57. The maximum Gasteiger partial charge on any atom is 0.191 e. The zero-order valence-electron chi connectivity index (χ0n) is 14.6. The molecule has 0 radical (unpaired) electrons. The molecular weight excluding hydrogens is 302 g/mol. The molecule has 132 valence electrons. The van der Waals surface area contributed by atoms with Crippen LogP contribution in [0.5, 0.6) is 5.75 Å². The Labute approximate surface area is 144 Å². The molecular formula is C19H29N3O2. The molecule has 2 fully saturated rings. The average Bonchev–Trinajstić information content (AvgIpc) is 3.29. The van der Waals surface area contributed by atoms with E-state index in [1.807, 2.05) is 18.2 Å². The van der Waals surface area contributed by atoms with E-state index in [2.05, 4.69) is 23.6 Å². The first kappa shape index (κ1) is 17.1. The van der Waals surface area contributed by atoms with Gasteiger partial charge in [0.25, 0.3) is 0 Å². The second kappa shape index (κ2) is 8.92. The quantitative estimate of drug-likeness (QED) is 0.568. The zero-order chi connectivity index (χ0) is 16.6. The minimum Gasteiger partial charge on any atom is -0.493 e. The predicted octanol–water partition coefficient (Wildman–Crippen LogP) is 2.71. The van der Waals surface area contributed by atoms with Gasteiger partial charge in [-0.15, -0.1) is 0 Å². The Bertz CT molecular complexity index is 537. The maximum atomic E-state index is 5.96. The molecule has 5 nitrogen and oxygen atoms in total. The third kappa shape index (κ3) is 5.41. The Kier molecular flexibility index (Phi) is 6.35. The zero-order valence-corrected chi connectivity index (χ0v) is 14.6. The lowest BCUT2D eigenvalue weighted by Crippen LogP contribution is -2.41. The van der Waals surface area contributed by atoms with Crippen LogP contribution in [0, 0.1) is 5.92 Å². The van der Waals surface area contributed by atoms with Crippen molar-refractivity contribution in [3.8, 4) is 5.75 Å². The molecule has 1 saturated heterocycles. The highest BCUT2D eigenvalue weighted by molar-refractivity contribution is 5.79. The molecule has 1 aliphatic heterocycles. The van der Waals surface area contributed by atoms with Crippen LogP contribution in [-0.4, -0.2) is 38.4 Å². The number of aliphatic imine (C=N–C) groups is 1. The molecule has 2 aliphatic rings. The topological polar surface area (TPSA) is 54.9 Å². The Morgan fingerprint density at radius 3 is 2.88 bits per heavy atom. The van der Waals surface area contributed by atoms with Gasteiger partial charge < -0.3 is 20.1 Å². The Morgan fingerprint density at radius 2 is 2.12 bits per heavy atom. The smallest absolute Gasteiger partial charge is 0.191 e. The first-order chi connectivity index (χ1) is 11.8. The van der Waals surface area contributed by atoms with E-state index in [9.17, 15) is 0 Å². The van der Waals surface area contributed by atoms with Crippen molar-refractivity contribution >= 4 is 5.96 Å². The number of rotatable bonds is 8. The monoisotopic (exact) mass is 331 g/mol. The molecule has 0 aromatic heterocycles. The molecule has 1 unspecified atom stereocenters. The van der Waals surface area contributed by atoms with Crippen molar-refractivity contribution in [3.63, 3.8) is 0 Å². The van der Waals surface area contributed by atoms with Crippen LogP contribution in [0.15, 0.2) is 29.3 Å². The summed E-state index contributed by atoms with van der Waals surface area (Å²) in [7, 11) is 0. The van der Waals surface area contributed by atoms with Crippen LogP contribution < -0.4 is 15.4 Å². The number of para-hydroxylation sites is 1. The van der Waals surface area contributed by atoms with Crippen molar-refractivity contribution in [3.05, 3.63) is 29.8 Å². The van der Waals surface area contributed by atoms with Crippen molar-refractivity contribution in [1.82, 2.24) is 10.6 Å². The standard InChI is InChI=1S/C19H29N3O2/c1-2-20-19(22-13-17-7-5-11-23-17)21-12-16-6-3-4-8-18(16)24-14-15-9-10-15/h3-4,6,8,15,17H,2,5,7,9-14H2,1H3,(H2,20,21,22). The summed E-state index contributed by atoms with van der Waals surface area (Å²) in [4.78, 5) is 4.71. The maximum absolute atomic E-state index is 5.96. The molecule has 1 heterocycles. The minimum absolute atomic E-state index is 0.308. The second-order valence-corrected chi connectivity index (χ2v) is 6.57. The summed E-state index contributed by atoms with van der Waals surface area (Å²) in [5.41, 5.74) is 1.13. The van der Waals surface area contributed by atoms with Gasteiger partial charge in [-0.1, -0.05) is 18.2 Å². The number of guanidine groups is 1. The number of benzene rings is 1. The van der Waals surface area contributed by atoms with Crippen molar-refractivity contribution in [2.24, 2.45) is 10.9 Å². The molecule has 1 aromatic carbocycles. The Hall–Kier alpha value is -1.75. The molecule has 2 N–H and O–H groups in total. The molecule has 1 aliphatic carbocycles. The van der Waals surface area contributed by atoms with Crippen LogP contribution in [0.3, 0.4) is 0 Å². The van der Waals surface area contributed by atoms with Gasteiger partial charge in [-0.2, -0.15) is 0 Å². The van der Waals surface area contributed by atoms with Crippen LogP contribution in [0.1, 0.15) is 38.2 Å². The van der Waals surface area contributed by atoms with E-state index in [0.29, 0.717) is 12.6 Å². The van der Waals surface area contributed by atoms with Crippen molar-refractivity contribution < 1.29 is 9.47 Å². The van der Waals surface area contributed by atoms with E-state index < -0.39 is 0 Å². The molecule has 1 saturated carbocycles. The van der Waals surface area contributed by atoms with Gasteiger partial charge in [0.15, 0.2) is 5.96 Å². The van der Waals surface area contributed by atoms with E-state index in [1.54, 1.807) is 0 Å². The summed E-state index contributed by atoms with van der Waals surface area (Å²) in [6.07, 6.45) is 5.20. The van der Waals surface area contributed by atoms with E-state index in [-0.39, 0.29) is 0 Å². The van der Waals surface area contributed by atoms with E-state index in [1.165, 1.54) is 12.8 Å². The van der Waals surface area contributed by atoms with Gasteiger partial charge in [0.1, 0.15) is 5.75 Å². The summed E-state index contributed by atoms with van der Waals surface area (Å²) in [5.74, 6) is 2.56. The summed E-state index contributed by atoms with van der Waals surface area (Å²) in [6.45, 7) is 6.06. The SMILES string of the molecule is CCNC(=NCc1ccccc1OCC1CC1)NCC1CCCO1. The molecule has 0 bridgehead atoms. The van der Waals surface area contributed by atoms with Crippen LogP contribution >= 0.6 is 0 Å². The first-order valence-electron chi connectivity index (χ1n) is 9.19. The van der Waals surface area contributed by atoms with Crippen molar-refractivity contribution in [1.29, 1.82) is 0 Å². The lowest BCUT2D eigenvalue weighted by molar-refractivity contribution is 0.114. The molecule has 0 amide bonds. The number of ether oxygens (including phenoxy) is 2. The van der Waals surface area contributed by atoms with Crippen molar-refractivity contribution in [2.75, 3.05) is 26.3 Å². The van der Waals surface area contributed by atoms with Gasteiger partial charge in [-0.05, 0) is 44.6 Å². The fourth-order valence-electron chi connectivity index (χ4n) is 2.79. The molecule has 3 rings (SSSR count). The van der Waals surface area contributed by atoms with Crippen LogP contribution in [0.4, 0.5) is 0 Å². The summed E-state index contributed by atoms with van der Waals surface area (Å²) < 4.78 is 11.6. The Balaban J connectivity index is 1.55. The van der Waals surface area contributed by atoms with Gasteiger partial charge >= 0.3 is 0 Å². The highest BCUT2D eigenvalue weighted by atomic mass is 16.5. The van der Waals surface area contributed by atoms with E-state index >= 15 is 0 Å². The largest absolute Gasteiger partial charge is 0.493 e. The number of hydrogen-bond acceptors (Lipinski definition) is 3. The fourth-order valence-corrected chi connectivity index (χ4v) is 2.79. The normalized spacial score (nSPS) is 20.9. The summed E-state index contributed by atoms with van der Waals surface area (Å²) in [6, 6.07) is 8.20. The van der Waals surface area contributed by atoms with Gasteiger partial charge in [0.2, 0.25) is 0 Å². The van der Waals surface area contributed by atoms with Gasteiger partial charge in [0, 0.05) is 25.3 Å². The lowest BCUT2D eigenvalue weighted by atomic mass is 10.2. The molecule has 1 atom stereocenters. The summed E-state index contributed by atoms with van der Waals surface area (Å²) >= 11 is 0. The van der Waals surface area contributed by atoms with E-state index in [4.69, 9.17) is 14.5 Å². The molecule has 0 spiro atoms. The number of nitrogens with one attached hydrogen (secondary N) is 2. The van der Waals surface area contributed by atoms with Crippen molar-refractivity contribution in [2.45, 2.75) is 45.3 Å². The third-order valence-corrected chi connectivity index (χ3v) is 4.42. The highest BCUT2D eigenvalue weighted by Crippen LogP contribution is 2.30. The highest BCUT2D eigenvalue weighted by Gasteiger charge is 2.22. The third-order valence-electron chi connectivity index (χ3n) is 4.42. The first-order valence-corrected chi connectivity index (χ1v) is 9.19.